The molecule has 2 bridgehead atoms. The Kier molecular flexibility index (Phi) is 5.86. The fourth-order valence-corrected chi connectivity index (χ4v) is 6.00. The smallest absolute Gasteiger partial charge is 0.306 e. The number of aromatic nitrogens is 2. The molecule has 0 amide bonds. The van der Waals surface area contributed by atoms with Gasteiger partial charge in [-0.1, -0.05) is 24.8 Å². The molecule has 31 heavy (non-hydrogen) atoms. The number of benzene rings is 1. The molecule has 0 aliphatic carbocycles. The van der Waals surface area contributed by atoms with E-state index in [0.717, 1.165) is 62.2 Å². The average molecular weight is 441 g/mol. The highest BCUT2D eigenvalue weighted by Gasteiger charge is 2.40. The lowest BCUT2D eigenvalue weighted by Crippen LogP contribution is -2.52. The first-order valence-electron chi connectivity index (χ1n) is 11.0. The highest BCUT2D eigenvalue weighted by molar-refractivity contribution is 7.99. The van der Waals surface area contributed by atoms with Crippen LogP contribution in [0.3, 0.4) is 0 Å². The van der Waals surface area contributed by atoms with Gasteiger partial charge in [0, 0.05) is 36.9 Å². The molecule has 2 fully saturated rings. The Morgan fingerprint density at radius 2 is 2.06 bits per heavy atom. The van der Waals surface area contributed by atoms with E-state index >= 15 is 0 Å². The number of fused-ring (bicyclic) bond motifs is 4. The highest BCUT2D eigenvalue weighted by Crippen LogP contribution is 2.42. The van der Waals surface area contributed by atoms with Gasteiger partial charge in [-0.3, -0.25) is 9.69 Å². The van der Waals surface area contributed by atoms with Crippen LogP contribution in [0.25, 0.3) is 0 Å². The fourth-order valence-electron chi connectivity index (χ4n) is 5.12. The third-order valence-electron chi connectivity index (χ3n) is 6.79. The summed E-state index contributed by atoms with van der Waals surface area (Å²) in [5.41, 5.74) is 2.38. The molecular weight excluding hydrogens is 412 g/mol. The Morgan fingerprint density at radius 3 is 2.84 bits per heavy atom. The number of piperidine rings is 1. The molecule has 2 N–H and O–H groups in total. The second kappa shape index (κ2) is 8.76. The average Bonchev–Trinajstić information content (AvgIpc) is 2.75. The van der Waals surface area contributed by atoms with Crippen molar-refractivity contribution in [2.45, 2.75) is 36.2 Å². The molecule has 0 saturated carbocycles. The zero-order valence-corrected chi connectivity index (χ0v) is 18.5. The van der Waals surface area contributed by atoms with Gasteiger partial charge in [-0.15, -0.1) is 0 Å². The lowest BCUT2D eigenvalue weighted by atomic mass is 9.73. The van der Waals surface area contributed by atoms with Gasteiger partial charge in [0.05, 0.1) is 24.8 Å². The molecule has 0 spiro atoms. The summed E-state index contributed by atoms with van der Waals surface area (Å²) in [7, 11) is 0. The van der Waals surface area contributed by atoms with Crippen LogP contribution in [-0.4, -0.2) is 52.2 Å². The first-order valence-corrected chi connectivity index (χ1v) is 11.8. The lowest BCUT2D eigenvalue weighted by molar-refractivity contribution is -0.141. The number of hydrogen-bond acceptors (Lipinski definition) is 7. The van der Waals surface area contributed by atoms with Crippen LogP contribution in [-0.2, 0) is 16.1 Å². The number of carboxylic acid groups (broad SMARTS) is 1. The Balaban J connectivity index is 1.24. The molecule has 0 radical (unpaired) electrons. The maximum atomic E-state index is 11.2. The summed E-state index contributed by atoms with van der Waals surface area (Å²) in [6.07, 6.45) is 5.18. The van der Waals surface area contributed by atoms with E-state index in [4.69, 9.17) is 4.74 Å². The van der Waals surface area contributed by atoms with Gasteiger partial charge in [-0.25, -0.2) is 9.97 Å². The van der Waals surface area contributed by atoms with E-state index in [0.29, 0.717) is 17.8 Å². The van der Waals surface area contributed by atoms with E-state index in [1.165, 1.54) is 10.5 Å². The van der Waals surface area contributed by atoms with Crippen molar-refractivity contribution < 1.29 is 14.6 Å². The second-order valence-electron chi connectivity index (χ2n) is 9.00. The van der Waals surface area contributed by atoms with E-state index in [-0.39, 0.29) is 5.92 Å². The standard InChI is InChI=1S/C23H28N4O3S/c1-14(23(28)29)2-4-18-16-10-27(11-17(18)13-30-12-16)9-15-3-5-20-19(8-15)26-21-22(31-20)25-7-6-24-21/h3,5-8,14,16-18H,2,4,9-13H2,1H3,(H,24,26)(H,28,29). The minimum Gasteiger partial charge on any atom is -0.481 e. The molecule has 1 aromatic heterocycles. The van der Waals surface area contributed by atoms with Crippen molar-refractivity contribution in [3.8, 4) is 0 Å². The van der Waals surface area contributed by atoms with Gasteiger partial charge in [-0.2, -0.15) is 0 Å². The van der Waals surface area contributed by atoms with Crippen LogP contribution >= 0.6 is 11.8 Å². The van der Waals surface area contributed by atoms with E-state index in [9.17, 15) is 9.90 Å². The van der Waals surface area contributed by atoms with E-state index < -0.39 is 5.97 Å². The Labute approximate surface area is 186 Å². The lowest BCUT2D eigenvalue weighted by Gasteiger charge is -2.47. The molecule has 3 aliphatic heterocycles. The van der Waals surface area contributed by atoms with E-state index in [2.05, 4.69) is 38.4 Å². The van der Waals surface area contributed by atoms with Gasteiger partial charge in [0.15, 0.2) is 5.82 Å². The second-order valence-corrected chi connectivity index (χ2v) is 10.0. The molecule has 4 heterocycles. The topological polar surface area (TPSA) is 87.6 Å². The van der Waals surface area contributed by atoms with Crippen LogP contribution in [0.5, 0.6) is 0 Å². The minimum atomic E-state index is -0.688. The first kappa shape index (κ1) is 20.7. The third kappa shape index (κ3) is 4.42. The van der Waals surface area contributed by atoms with Crippen molar-refractivity contribution >= 4 is 29.2 Å². The third-order valence-corrected chi connectivity index (χ3v) is 7.86. The van der Waals surface area contributed by atoms with Gasteiger partial charge >= 0.3 is 5.97 Å². The molecule has 3 atom stereocenters. The number of rotatable bonds is 6. The molecule has 1 aromatic carbocycles. The summed E-state index contributed by atoms with van der Waals surface area (Å²) in [5.74, 6) is 1.41. The number of nitrogens with zero attached hydrogens (tertiary/aromatic N) is 3. The van der Waals surface area contributed by atoms with Crippen molar-refractivity contribution in [3.63, 3.8) is 0 Å². The van der Waals surface area contributed by atoms with E-state index in [1.54, 1.807) is 24.2 Å². The normalized spacial score (nSPS) is 25.8. The zero-order valence-electron chi connectivity index (χ0n) is 17.7. The van der Waals surface area contributed by atoms with E-state index in [1.807, 2.05) is 6.92 Å². The maximum absolute atomic E-state index is 11.2. The number of carboxylic acids is 1. The number of ether oxygens (including phenoxy) is 1. The Bertz CT molecular complexity index is 958. The molecule has 2 aromatic rings. The van der Waals surface area contributed by atoms with Crippen molar-refractivity contribution in [1.82, 2.24) is 14.9 Å². The van der Waals surface area contributed by atoms with Gasteiger partial charge < -0.3 is 15.2 Å². The molecule has 3 aliphatic rings. The number of aliphatic carboxylic acids is 1. The van der Waals surface area contributed by atoms with Crippen molar-refractivity contribution in [2.75, 3.05) is 31.6 Å². The molecule has 3 unspecified atom stereocenters. The quantitative estimate of drug-likeness (QED) is 0.597. The molecule has 5 rings (SSSR count). The number of nitrogens with one attached hydrogen (secondary N) is 1. The molecular formula is C23H28N4O3S. The summed E-state index contributed by atoms with van der Waals surface area (Å²) in [5, 5.41) is 13.5. The van der Waals surface area contributed by atoms with Crippen LogP contribution < -0.4 is 5.32 Å². The summed E-state index contributed by atoms with van der Waals surface area (Å²) < 4.78 is 5.86. The number of carbonyl (C=O) groups is 1. The van der Waals surface area contributed by atoms with Crippen molar-refractivity contribution in [3.05, 3.63) is 36.2 Å². The van der Waals surface area contributed by atoms with Gasteiger partial charge in [-0.05, 0) is 48.3 Å². The van der Waals surface area contributed by atoms with Gasteiger partial charge in [0.2, 0.25) is 0 Å². The summed E-state index contributed by atoms with van der Waals surface area (Å²) in [6, 6.07) is 6.61. The molecule has 8 heteroatoms. The fraction of sp³-hybridized carbons (Fsp3) is 0.522. The molecule has 164 valence electrons. The zero-order chi connectivity index (χ0) is 21.4. The summed E-state index contributed by atoms with van der Waals surface area (Å²) >= 11 is 1.65. The van der Waals surface area contributed by atoms with Crippen LogP contribution in [0.4, 0.5) is 11.5 Å². The molecule has 7 nitrogen and oxygen atoms in total. The monoisotopic (exact) mass is 440 g/mol. The predicted octanol–water partition coefficient (Wildman–Crippen LogP) is 3.88. The number of likely N-dealkylation sites (tertiary alicyclic amines) is 1. The molecule has 2 saturated heterocycles. The minimum absolute atomic E-state index is 0.268. The highest BCUT2D eigenvalue weighted by atomic mass is 32.2. The summed E-state index contributed by atoms with van der Waals surface area (Å²) in [4.78, 5) is 23.7. The van der Waals surface area contributed by atoms with Crippen LogP contribution in [0.15, 0.2) is 40.5 Å². The van der Waals surface area contributed by atoms with Crippen LogP contribution in [0.1, 0.15) is 25.3 Å². The Morgan fingerprint density at radius 1 is 1.29 bits per heavy atom. The first-order chi connectivity index (χ1) is 15.1. The van der Waals surface area contributed by atoms with Gasteiger partial charge in [0.1, 0.15) is 5.03 Å². The Hall–Kier alpha value is -2.16. The maximum Gasteiger partial charge on any atom is 0.306 e. The van der Waals surface area contributed by atoms with Crippen LogP contribution in [0.2, 0.25) is 0 Å². The number of anilines is 2. The van der Waals surface area contributed by atoms with Crippen molar-refractivity contribution in [1.29, 1.82) is 0 Å². The van der Waals surface area contributed by atoms with Crippen molar-refractivity contribution in [2.24, 2.45) is 23.7 Å². The van der Waals surface area contributed by atoms with Crippen LogP contribution in [0, 0.1) is 23.7 Å². The SMILES string of the molecule is CC(CCC1C2COCC1CN(Cc1ccc3c(c1)Nc1nccnc1S3)C2)C(=O)O. The summed E-state index contributed by atoms with van der Waals surface area (Å²) in [6.45, 7) is 6.33. The largest absolute Gasteiger partial charge is 0.481 e. The number of hydrogen-bond donors (Lipinski definition) is 2. The van der Waals surface area contributed by atoms with Gasteiger partial charge in [0.25, 0.3) is 0 Å². The predicted molar refractivity (Wildman–Crippen MR) is 118 cm³/mol.